The quantitative estimate of drug-likeness (QED) is 0.882. The van der Waals surface area contributed by atoms with Crippen LogP contribution < -0.4 is 10.1 Å². The van der Waals surface area contributed by atoms with Crippen LogP contribution in [0.2, 0.25) is 0 Å². The SMILES string of the molecule is COc1ccc(CCC(=O)Nc2cc(C)[nH]n2)cc1F. The van der Waals surface area contributed by atoms with Crippen molar-refractivity contribution in [2.75, 3.05) is 12.4 Å². The summed E-state index contributed by atoms with van der Waals surface area (Å²) in [7, 11) is 1.41. The van der Waals surface area contributed by atoms with E-state index in [9.17, 15) is 9.18 Å². The number of hydrogen-bond donors (Lipinski definition) is 2. The fourth-order valence-electron chi connectivity index (χ4n) is 1.81. The highest BCUT2D eigenvalue weighted by molar-refractivity contribution is 5.89. The number of nitrogens with one attached hydrogen (secondary N) is 2. The van der Waals surface area contributed by atoms with Gasteiger partial charge in [0, 0.05) is 18.2 Å². The summed E-state index contributed by atoms with van der Waals surface area (Å²) in [5.74, 6) is 0.111. The lowest BCUT2D eigenvalue weighted by Crippen LogP contribution is -2.12. The number of anilines is 1. The lowest BCUT2D eigenvalue weighted by molar-refractivity contribution is -0.116. The van der Waals surface area contributed by atoms with Gasteiger partial charge in [0.1, 0.15) is 0 Å². The Labute approximate surface area is 116 Å². The summed E-state index contributed by atoms with van der Waals surface area (Å²) in [5, 5.41) is 9.32. The van der Waals surface area contributed by atoms with E-state index in [1.807, 2.05) is 6.92 Å². The second-order valence-corrected chi connectivity index (χ2v) is 4.45. The van der Waals surface area contributed by atoms with E-state index in [4.69, 9.17) is 4.74 Å². The predicted octanol–water partition coefficient (Wildman–Crippen LogP) is 2.44. The van der Waals surface area contributed by atoms with Crippen LogP contribution in [0, 0.1) is 12.7 Å². The minimum Gasteiger partial charge on any atom is -0.494 e. The molecule has 0 atom stereocenters. The van der Waals surface area contributed by atoms with Gasteiger partial charge in [-0.2, -0.15) is 5.10 Å². The van der Waals surface area contributed by atoms with Crippen LogP contribution in [0.25, 0.3) is 0 Å². The zero-order chi connectivity index (χ0) is 14.5. The molecule has 1 aromatic carbocycles. The van der Waals surface area contributed by atoms with Gasteiger partial charge in [0.15, 0.2) is 17.4 Å². The maximum absolute atomic E-state index is 13.5. The molecule has 0 aliphatic rings. The van der Waals surface area contributed by atoms with E-state index in [1.165, 1.54) is 13.2 Å². The number of H-pyrrole nitrogens is 1. The van der Waals surface area contributed by atoms with Gasteiger partial charge in [-0.05, 0) is 31.0 Å². The number of hydrogen-bond acceptors (Lipinski definition) is 3. The average molecular weight is 277 g/mol. The average Bonchev–Trinajstić information content (AvgIpc) is 2.82. The molecule has 2 N–H and O–H groups in total. The molecule has 0 aliphatic heterocycles. The third-order valence-electron chi connectivity index (χ3n) is 2.83. The fourth-order valence-corrected chi connectivity index (χ4v) is 1.81. The number of amides is 1. The van der Waals surface area contributed by atoms with E-state index in [0.717, 1.165) is 11.3 Å². The zero-order valence-corrected chi connectivity index (χ0v) is 11.4. The summed E-state index contributed by atoms with van der Waals surface area (Å²) >= 11 is 0. The molecule has 1 heterocycles. The van der Waals surface area contributed by atoms with Gasteiger partial charge in [-0.3, -0.25) is 9.89 Å². The summed E-state index contributed by atoms with van der Waals surface area (Å²) in [4.78, 5) is 11.7. The third-order valence-corrected chi connectivity index (χ3v) is 2.83. The molecule has 0 radical (unpaired) electrons. The molecule has 2 aromatic rings. The van der Waals surface area contributed by atoms with Crippen LogP contribution >= 0.6 is 0 Å². The van der Waals surface area contributed by atoms with E-state index >= 15 is 0 Å². The Morgan fingerprint density at radius 2 is 2.25 bits per heavy atom. The number of rotatable bonds is 5. The van der Waals surface area contributed by atoms with Gasteiger partial charge in [-0.25, -0.2) is 4.39 Å². The summed E-state index contributed by atoms with van der Waals surface area (Å²) in [6, 6.07) is 6.42. The normalized spacial score (nSPS) is 10.3. The maximum atomic E-state index is 13.5. The molecule has 1 aromatic heterocycles. The molecule has 0 unspecified atom stereocenters. The Hall–Kier alpha value is -2.37. The lowest BCUT2D eigenvalue weighted by atomic mass is 10.1. The summed E-state index contributed by atoms with van der Waals surface area (Å²) < 4.78 is 18.3. The van der Waals surface area contributed by atoms with Crippen LogP contribution in [0.3, 0.4) is 0 Å². The highest BCUT2D eigenvalue weighted by Gasteiger charge is 2.07. The summed E-state index contributed by atoms with van der Waals surface area (Å²) in [5.41, 5.74) is 1.62. The number of aromatic nitrogens is 2. The molecule has 20 heavy (non-hydrogen) atoms. The van der Waals surface area contributed by atoms with E-state index in [-0.39, 0.29) is 18.1 Å². The van der Waals surface area contributed by atoms with Crippen LogP contribution in [-0.4, -0.2) is 23.2 Å². The van der Waals surface area contributed by atoms with Crippen molar-refractivity contribution in [2.45, 2.75) is 19.8 Å². The zero-order valence-electron chi connectivity index (χ0n) is 11.4. The van der Waals surface area contributed by atoms with Crippen molar-refractivity contribution in [1.82, 2.24) is 10.2 Å². The van der Waals surface area contributed by atoms with Gasteiger partial charge in [-0.15, -0.1) is 0 Å². The van der Waals surface area contributed by atoms with Crippen LogP contribution in [0.5, 0.6) is 5.75 Å². The Morgan fingerprint density at radius 3 is 2.85 bits per heavy atom. The van der Waals surface area contributed by atoms with Crippen LogP contribution in [0.1, 0.15) is 17.7 Å². The number of ether oxygens (including phenoxy) is 1. The molecule has 1 amide bonds. The first kappa shape index (κ1) is 14.0. The van der Waals surface area contributed by atoms with E-state index in [0.29, 0.717) is 12.2 Å². The molecule has 0 fully saturated rings. The number of methoxy groups -OCH3 is 1. The van der Waals surface area contributed by atoms with Crippen molar-refractivity contribution >= 4 is 11.7 Å². The molecule has 0 saturated heterocycles. The van der Waals surface area contributed by atoms with Crippen LogP contribution in [0.4, 0.5) is 10.2 Å². The molecule has 2 rings (SSSR count). The highest BCUT2D eigenvalue weighted by atomic mass is 19.1. The minimum atomic E-state index is -0.423. The lowest BCUT2D eigenvalue weighted by Gasteiger charge is -2.05. The Kier molecular flexibility index (Phi) is 4.34. The van der Waals surface area contributed by atoms with Gasteiger partial charge in [0.2, 0.25) is 5.91 Å². The molecule has 0 bridgehead atoms. The first-order valence-electron chi connectivity index (χ1n) is 6.23. The predicted molar refractivity (Wildman–Crippen MR) is 73.2 cm³/mol. The number of nitrogens with zero attached hydrogens (tertiary/aromatic N) is 1. The Morgan fingerprint density at radius 1 is 1.45 bits per heavy atom. The van der Waals surface area contributed by atoms with Crippen molar-refractivity contribution < 1.29 is 13.9 Å². The number of carbonyl (C=O) groups excluding carboxylic acids is 1. The number of aryl methyl sites for hydroxylation is 2. The third kappa shape index (κ3) is 3.57. The van der Waals surface area contributed by atoms with Crippen molar-refractivity contribution in [2.24, 2.45) is 0 Å². The fraction of sp³-hybridized carbons (Fsp3) is 0.286. The number of aromatic amines is 1. The molecular formula is C14H16FN3O2. The molecule has 6 heteroatoms. The van der Waals surface area contributed by atoms with Gasteiger partial charge in [0.05, 0.1) is 7.11 Å². The standard InChI is InChI=1S/C14H16FN3O2/c1-9-7-13(18-17-9)16-14(19)6-4-10-3-5-12(20-2)11(15)8-10/h3,5,7-8H,4,6H2,1-2H3,(H2,16,17,18,19). The molecular weight excluding hydrogens is 261 g/mol. The Bertz CT molecular complexity index is 610. The molecule has 5 nitrogen and oxygen atoms in total. The monoisotopic (exact) mass is 277 g/mol. The summed E-state index contributed by atoms with van der Waals surface area (Å²) in [6.07, 6.45) is 0.716. The Balaban J connectivity index is 1.88. The van der Waals surface area contributed by atoms with Gasteiger partial charge < -0.3 is 10.1 Å². The van der Waals surface area contributed by atoms with Crippen LogP contribution in [-0.2, 0) is 11.2 Å². The van der Waals surface area contributed by atoms with Crippen molar-refractivity contribution in [1.29, 1.82) is 0 Å². The maximum Gasteiger partial charge on any atom is 0.225 e. The second kappa shape index (κ2) is 6.18. The van der Waals surface area contributed by atoms with Crippen molar-refractivity contribution in [3.63, 3.8) is 0 Å². The summed E-state index contributed by atoms with van der Waals surface area (Å²) in [6.45, 7) is 1.85. The smallest absolute Gasteiger partial charge is 0.225 e. The van der Waals surface area contributed by atoms with Crippen LogP contribution in [0.15, 0.2) is 24.3 Å². The molecule has 0 aliphatic carbocycles. The van der Waals surface area contributed by atoms with E-state index in [1.54, 1.807) is 18.2 Å². The van der Waals surface area contributed by atoms with Gasteiger partial charge in [-0.1, -0.05) is 6.07 Å². The van der Waals surface area contributed by atoms with Gasteiger partial charge in [0.25, 0.3) is 0 Å². The molecule has 106 valence electrons. The largest absolute Gasteiger partial charge is 0.494 e. The molecule has 0 spiro atoms. The first-order valence-corrected chi connectivity index (χ1v) is 6.23. The second-order valence-electron chi connectivity index (χ2n) is 4.45. The van der Waals surface area contributed by atoms with Crippen molar-refractivity contribution in [3.05, 3.63) is 41.3 Å². The van der Waals surface area contributed by atoms with E-state index in [2.05, 4.69) is 15.5 Å². The number of carbonyl (C=O) groups is 1. The number of halogens is 1. The number of benzene rings is 1. The minimum absolute atomic E-state index is 0.160. The molecule has 0 saturated carbocycles. The first-order chi connectivity index (χ1) is 9.58. The van der Waals surface area contributed by atoms with Crippen molar-refractivity contribution in [3.8, 4) is 5.75 Å². The van der Waals surface area contributed by atoms with E-state index < -0.39 is 5.82 Å². The highest BCUT2D eigenvalue weighted by Crippen LogP contribution is 2.18. The topological polar surface area (TPSA) is 67.0 Å². The van der Waals surface area contributed by atoms with Gasteiger partial charge >= 0.3 is 0 Å².